The van der Waals surface area contributed by atoms with Gasteiger partial charge in [0.1, 0.15) is 17.2 Å². The zero-order valence-electron chi connectivity index (χ0n) is 13.7. The number of phenols is 2. The Morgan fingerprint density at radius 1 is 1.24 bits per heavy atom. The van der Waals surface area contributed by atoms with Crippen LogP contribution in [-0.4, -0.2) is 27.7 Å². The van der Waals surface area contributed by atoms with Gasteiger partial charge in [0.25, 0.3) is 5.91 Å². The van der Waals surface area contributed by atoms with Crippen LogP contribution in [0.15, 0.2) is 36.4 Å². The van der Waals surface area contributed by atoms with Gasteiger partial charge in [0.05, 0.1) is 11.5 Å². The fraction of sp³-hybridized carbons (Fsp3) is 0.235. The van der Waals surface area contributed by atoms with Gasteiger partial charge in [-0.3, -0.25) is 14.9 Å². The Hall–Kier alpha value is -3.29. The van der Waals surface area contributed by atoms with E-state index in [0.29, 0.717) is 6.61 Å². The summed E-state index contributed by atoms with van der Waals surface area (Å²) >= 11 is 0. The van der Waals surface area contributed by atoms with E-state index in [1.807, 2.05) is 13.8 Å². The molecular weight excluding hydrogens is 328 g/mol. The number of nitrogens with one attached hydrogen (secondary N) is 1. The van der Waals surface area contributed by atoms with Crippen LogP contribution in [-0.2, 0) is 0 Å². The SMILES string of the molecule is CC(C)COc1ccc(C(=O)Nc2c(O)cccc2O)cc1[N+](=O)[O-]. The maximum atomic E-state index is 12.3. The van der Waals surface area contributed by atoms with Crippen LogP contribution < -0.4 is 10.1 Å². The smallest absolute Gasteiger partial charge is 0.311 e. The number of carbonyl (C=O) groups excluding carboxylic acids is 1. The van der Waals surface area contributed by atoms with Crippen LogP contribution in [0, 0.1) is 16.0 Å². The third kappa shape index (κ3) is 4.37. The molecule has 2 aromatic carbocycles. The summed E-state index contributed by atoms with van der Waals surface area (Å²) in [5, 5.41) is 32.9. The summed E-state index contributed by atoms with van der Waals surface area (Å²) in [7, 11) is 0. The number of rotatable bonds is 6. The lowest BCUT2D eigenvalue weighted by atomic mass is 10.1. The predicted molar refractivity (Wildman–Crippen MR) is 91.2 cm³/mol. The number of nitro groups is 1. The van der Waals surface area contributed by atoms with Gasteiger partial charge < -0.3 is 20.3 Å². The number of amides is 1. The van der Waals surface area contributed by atoms with Crippen molar-refractivity contribution in [1.82, 2.24) is 0 Å². The molecule has 0 aliphatic carbocycles. The summed E-state index contributed by atoms with van der Waals surface area (Å²) in [5.74, 6) is -1.10. The highest BCUT2D eigenvalue weighted by Crippen LogP contribution is 2.33. The maximum Gasteiger partial charge on any atom is 0.311 e. The molecule has 0 saturated carbocycles. The first-order valence-corrected chi connectivity index (χ1v) is 7.53. The molecule has 0 unspecified atom stereocenters. The average molecular weight is 346 g/mol. The zero-order chi connectivity index (χ0) is 18.6. The molecule has 25 heavy (non-hydrogen) atoms. The van der Waals surface area contributed by atoms with Gasteiger partial charge in [-0.1, -0.05) is 19.9 Å². The topological polar surface area (TPSA) is 122 Å². The van der Waals surface area contributed by atoms with Crippen LogP contribution >= 0.6 is 0 Å². The maximum absolute atomic E-state index is 12.3. The lowest BCUT2D eigenvalue weighted by Crippen LogP contribution is -2.13. The molecule has 0 spiro atoms. The molecule has 0 atom stereocenters. The summed E-state index contributed by atoms with van der Waals surface area (Å²) in [4.78, 5) is 22.9. The Morgan fingerprint density at radius 3 is 2.44 bits per heavy atom. The largest absolute Gasteiger partial charge is 0.506 e. The number of hydrogen-bond acceptors (Lipinski definition) is 6. The van der Waals surface area contributed by atoms with Gasteiger partial charge in [0.2, 0.25) is 0 Å². The normalized spacial score (nSPS) is 10.5. The number of ether oxygens (including phenoxy) is 1. The Balaban J connectivity index is 2.28. The van der Waals surface area contributed by atoms with Gasteiger partial charge in [0, 0.05) is 11.6 Å². The molecule has 0 aromatic heterocycles. The monoisotopic (exact) mass is 346 g/mol. The highest BCUT2D eigenvalue weighted by atomic mass is 16.6. The van der Waals surface area contributed by atoms with Gasteiger partial charge in [-0.05, 0) is 30.2 Å². The molecule has 8 nitrogen and oxygen atoms in total. The predicted octanol–water partition coefficient (Wildman–Crippen LogP) is 3.29. The Morgan fingerprint density at radius 2 is 1.88 bits per heavy atom. The van der Waals surface area contributed by atoms with Crippen molar-refractivity contribution in [3.63, 3.8) is 0 Å². The first-order valence-electron chi connectivity index (χ1n) is 7.53. The van der Waals surface area contributed by atoms with Gasteiger partial charge in [-0.15, -0.1) is 0 Å². The van der Waals surface area contributed by atoms with Crippen molar-refractivity contribution in [2.45, 2.75) is 13.8 Å². The molecule has 2 aromatic rings. The van der Waals surface area contributed by atoms with E-state index in [4.69, 9.17) is 4.74 Å². The zero-order valence-corrected chi connectivity index (χ0v) is 13.7. The van der Waals surface area contributed by atoms with Crippen molar-refractivity contribution in [2.75, 3.05) is 11.9 Å². The van der Waals surface area contributed by atoms with Crippen molar-refractivity contribution in [1.29, 1.82) is 0 Å². The molecule has 0 aliphatic heterocycles. The molecule has 3 N–H and O–H groups in total. The lowest BCUT2D eigenvalue weighted by Gasteiger charge is -2.11. The highest BCUT2D eigenvalue weighted by molar-refractivity contribution is 6.06. The number of para-hydroxylation sites is 1. The minimum Gasteiger partial charge on any atom is -0.506 e. The number of nitrogens with zero attached hydrogens (tertiary/aromatic N) is 1. The van der Waals surface area contributed by atoms with Crippen LogP contribution in [0.2, 0.25) is 0 Å². The first kappa shape index (κ1) is 18.1. The summed E-state index contributed by atoms with van der Waals surface area (Å²) < 4.78 is 5.40. The van der Waals surface area contributed by atoms with E-state index in [-0.39, 0.29) is 40.1 Å². The Bertz CT molecular complexity index is 783. The number of hydrogen-bond donors (Lipinski definition) is 3. The second-order valence-electron chi connectivity index (χ2n) is 5.77. The number of carbonyl (C=O) groups is 1. The minimum absolute atomic E-state index is 0.00810. The van der Waals surface area contributed by atoms with E-state index in [1.54, 1.807) is 0 Å². The number of aromatic hydroxyl groups is 2. The van der Waals surface area contributed by atoms with E-state index < -0.39 is 10.8 Å². The molecule has 0 heterocycles. The van der Waals surface area contributed by atoms with Crippen molar-refractivity contribution in [2.24, 2.45) is 5.92 Å². The Kier molecular flexibility index (Phi) is 5.43. The second-order valence-corrected chi connectivity index (χ2v) is 5.77. The minimum atomic E-state index is -0.713. The molecule has 0 radical (unpaired) electrons. The molecule has 2 rings (SSSR count). The third-order valence-electron chi connectivity index (χ3n) is 3.25. The van der Waals surface area contributed by atoms with E-state index in [1.165, 1.54) is 30.3 Å². The fourth-order valence-corrected chi connectivity index (χ4v) is 2.02. The molecule has 0 aliphatic rings. The summed E-state index contributed by atoms with van der Waals surface area (Å²) in [6.45, 7) is 4.12. The van der Waals surface area contributed by atoms with E-state index in [0.717, 1.165) is 6.07 Å². The van der Waals surface area contributed by atoms with Gasteiger partial charge in [-0.25, -0.2) is 0 Å². The first-order chi connectivity index (χ1) is 11.8. The molecule has 1 amide bonds. The van der Waals surface area contributed by atoms with E-state index >= 15 is 0 Å². The van der Waals surface area contributed by atoms with Crippen LogP contribution in [0.5, 0.6) is 17.2 Å². The van der Waals surface area contributed by atoms with Crippen LogP contribution in [0.3, 0.4) is 0 Å². The molecule has 0 bridgehead atoms. The number of benzene rings is 2. The molecule has 0 saturated heterocycles. The van der Waals surface area contributed by atoms with Gasteiger partial charge in [-0.2, -0.15) is 0 Å². The summed E-state index contributed by atoms with van der Waals surface area (Å²) in [6.07, 6.45) is 0. The third-order valence-corrected chi connectivity index (χ3v) is 3.25. The molecule has 8 heteroatoms. The van der Waals surface area contributed by atoms with E-state index in [2.05, 4.69) is 5.32 Å². The number of phenolic OH excluding ortho intramolecular Hbond substituents is 2. The van der Waals surface area contributed by atoms with Crippen molar-refractivity contribution in [3.8, 4) is 17.2 Å². The lowest BCUT2D eigenvalue weighted by molar-refractivity contribution is -0.385. The quantitative estimate of drug-likeness (QED) is 0.419. The van der Waals surface area contributed by atoms with Crippen LogP contribution in [0.1, 0.15) is 24.2 Å². The standard InChI is InChI=1S/C17H18N2O6/c1-10(2)9-25-15-7-6-11(8-12(15)19(23)24)17(22)18-16-13(20)4-3-5-14(16)21/h3-8,10,20-21H,9H2,1-2H3,(H,18,22). The molecule has 132 valence electrons. The fourth-order valence-electron chi connectivity index (χ4n) is 2.02. The van der Waals surface area contributed by atoms with Crippen molar-refractivity contribution in [3.05, 3.63) is 52.1 Å². The van der Waals surface area contributed by atoms with Crippen LogP contribution in [0.4, 0.5) is 11.4 Å². The molecular formula is C17H18N2O6. The van der Waals surface area contributed by atoms with Gasteiger partial charge in [0.15, 0.2) is 5.75 Å². The van der Waals surface area contributed by atoms with E-state index in [9.17, 15) is 25.1 Å². The average Bonchev–Trinajstić information content (AvgIpc) is 2.56. The Labute approximate surface area is 143 Å². The van der Waals surface area contributed by atoms with Crippen LogP contribution in [0.25, 0.3) is 0 Å². The number of nitro benzene ring substituents is 1. The van der Waals surface area contributed by atoms with Crippen molar-refractivity contribution < 1.29 is 24.7 Å². The van der Waals surface area contributed by atoms with Crippen molar-refractivity contribution >= 4 is 17.3 Å². The number of anilines is 1. The summed E-state index contributed by atoms with van der Waals surface area (Å²) in [5.41, 5.74) is -0.517. The highest BCUT2D eigenvalue weighted by Gasteiger charge is 2.20. The summed E-state index contributed by atoms with van der Waals surface area (Å²) in [6, 6.07) is 7.80. The van der Waals surface area contributed by atoms with Gasteiger partial charge >= 0.3 is 5.69 Å². The molecule has 0 fully saturated rings. The second kappa shape index (κ2) is 7.52.